The summed E-state index contributed by atoms with van der Waals surface area (Å²) in [6, 6.07) is 8.13. The van der Waals surface area contributed by atoms with Crippen molar-refractivity contribution in [3.8, 4) is 0 Å². The summed E-state index contributed by atoms with van der Waals surface area (Å²) in [4.78, 5) is 0. The van der Waals surface area contributed by atoms with Crippen molar-refractivity contribution in [2.24, 2.45) is 5.16 Å². The van der Waals surface area contributed by atoms with Crippen LogP contribution in [0.1, 0.15) is 31.4 Å². The van der Waals surface area contributed by atoms with Gasteiger partial charge in [0.05, 0.1) is 5.71 Å². The maximum absolute atomic E-state index is 8.69. The number of nitrogens with zero attached hydrogens (tertiary/aromatic N) is 1. The highest BCUT2D eigenvalue weighted by atomic mass is 16.4. The van der Waals surface area contributed by atoms with Crippen LogP contribution < -0.4 is 0 Å². The van der Waals surface area contributed by atoms with E-state index < -0.39 is 0 Å². The molecule has 0 atom stereocenters. The van der Waals surface area contributed by atoms with Gasteiger partial charge in [0.25, 0.3) is 0 Å². The first-order chi connectivity index (χ1) is 6.31. The molecule has 0 bridgehead atoms. The van der Waals surface area contributed by atoms with E-state index in [0.29, 0.717) is 0 Å². The lowest BCUT2D eigenvalue weighted by Gasteiger charge is -2.02. The summed E-state index contributed by atoms with van der Waals surface area (Å²) in [5.41, 5.74) is 3.04. The first-order valence-electron chi connectivity index (χ1n) is 4.62. The molecule has 2 nitrogen and oxygen atoms in total. The van der Waals surface area contributed by atoms with Crippen LogP contribution >= 0.6 is 0 Å². The van der Waals surface area contributed by atoms with Gasteiger partial charge < -0.3 is 5.21 Å². The van der Waals surface area contributed by atoms with Gasteiger partial charge in [-0.25, -0.2) is 0 Å². The normalized spacial score (nSPS) is 11.7. The zero-order valence-corrected chi connectivity index (χ0v) is 8.12. The van der Waals surface area contributed by atoms with Crippen molar-refractivity contribution < 1.29 is 5.21 Å². The van der Waals surface area contributed by atoms with Crippen LogP contribution in [0.2, 0.25) is 0 Å². The third-order valence-electron chi connectivity index (χ3n) is 2.15. The Morgan fingerprint density at radius 3 is 2.23 bits per heavy atom. The molecule has 0 saturated carbocycles. The third kappa shape index (κ3) is 2.31. The number of hydrogen-bond donors (Lipinski definition) is 1. The minimum absolute atomic E-state index is 0.739. The Labute approximate surface area is 78.9 Å². The van der Waals surface area contributed by atoms with Crippen molar-refractivity contribution >= 4 is 5.71 Å². The van der Waals surface area contributed by atoms with Gasteiger partial charge in [-0.05, 0) is 24.0 Å². The monoisotopic (exact) mass is 177 g/mol. The molecule has 13 heavy (non-hydrogen) atoms. The van der Waals surface area contributed by atoms with Crippen LogP contribution in [-0.4, -0.2) is 10.9 Å². The first-order valence-corrected chi connectivity index (χ1v) is 4.62. The molecule has 0 unspecified atom stereocenters. The largest absolute Gasteiger partial charge is 0.411 e. The summed E-state index contributed by atoms with van der Waals surface area (Å²) >= 11 is 0. The Bertz CT molecular complexity index is 287. The van der Waals surface area contributed by atoms with Crippen molar-refractivity contribution in [2.75, 3.05) is 0 Å². The van der Waals surface area contributed by atoms with Crippen LogP contribution in [0.5, 0.6) is 0 Å². The topological polar surface area (TPSA) is 32.6 Å². The van der Waals surface area contributed by atoms with Gasteiger partial charge in [0.1, 0.15) is 0 Å². The zero-order valence-electron chi connectivity index (χ0n) is 8.12. The molecule has 0 aliphatic heterocycles. The molecule has 0 saturated heterocycles. The standard InChI is InChI=1S/C11H15NO/c1-3-9-5-7-10(8-6-9)11(4-2)12-13/h5-8,13H,3-4H2,1-2H3/b12-11-. The molecule has 1 aromatic rings. The lowest BCUT2D eigenvalue weighted by atomic mass is 10.1. The summed E-state index contributed by atoms with van der Waals surface area (Å²) in [6.45, 7) is 4.10. The molecule has 70 valence electrons. The lowest BCUT2D eigenvalue weighted by Crippen LogP contribution is -1.98. The van der Waals surface area contributed by atoms with Gasteiger partial charge in [-0.15, -0.1) is 0 Å². The number of rotatable bonds is 3. The molecule has 1 aromatic carbocycles. The summed E-state index contributed by atoms with van der Waals surface area (Å²) in [5, 5.41) is 11.9. The highest BCUT2D eigenvalue weighted by molar-refractivity contribution is 5.99. The Kier molecular flexibility index (Phi) is 3.50. The predicted octanol–water partition coefficient (Wildman–Crippen LogP) is 2.84. The van der Waals surface area contributed by atoms with Crippen LogP contribution in [-0.2, 0) is 6.42 Å². The molecule has 0 aromatic heterocycles. The quantitative estimate of drug-likeness (QED) is 0.430. The molecule has 0 amide bonds. The van der Waals surface area contributed by atoms with E-state index in [0.717, 1.165) is 24.1 Å². The van der Waals surface area contributed by atoms with Gasteiger partial charge in [0.15, 0.2) is 0 Å². The van der Waals surface area contributed by atoms with E-state index in [1.54, 1.807) is 0 Å². The van der Waals surface area contributed by atoms with E-state index in [1.807, 2.05) is 19.1 Å². The summed E-state index contributed by atoms with van der Waals surface area (Å²) in [5.74, 6) is 0. The van der Waals surface area contributed by atoms with E-state index >= 15 is 0 Å². The average molecular weight is 177 g/mol. The number of benzene rings is 1. The molecule has 0 radical (unpaired) electrons. The molecule has 1 N–H and O–H groups in total. The van der Waals surface area contributed by atoms with Crippen molar-refractivity contribution in [2.45, 2.75) is 26.7 Å². The summed E-state index contributed by atoms with van der Waals surface area (Å²) in [7, 11) is 0. The number of hydrogen-bond acceptors (Lipinski definition) is 2. The second kappa shape index (κ2) is 4.65. The molecule has 2 heteroatoms. The highest BCUT2D eigenvalue weighted by Crippen LogP contribution is 2.07. The van der Waals surface area contributed by atoms with E-state index in [4.69, 9.17) is 5.21 Å². The second-order valence-corrected chi connectivity index (χ2v) is 2.95. The average Bonchev–Trinajstić information content (AvgIpc) is 2.21. The fraction of sp³-hybridized carbons (Fsp3) is 0.364. The molecular weight excluding hydrogens is 162 g/mol. The number of aryl methyl sites for hydroxylation is 1. The molecule has 0 aliphatic carbocycles. The lowest BCUT2D eigenvalue weighted by molar-refractivity contribution is 0.318. The Morgan fingerprint density at radius 1 is 1.23 bits per heavy atom. The molecule has 1 rings (SSSR count). The summed E-state index contributed by atoms with van der Waals surface area (Å²) < 4.78 is 0. The first kappa shape index (κ1) is 9.78. The second-order valence-electron chi connectivity index (χ2n) is 2.95. The van der Waals surface area contributed by atoms with E-state index in [9.17, 15) is 0 Å². The van der Waals surface area contributed by atoms with E-state index in [2.05, 4.69) is 24.2 Å². The van der Waals surface area contributed by atoms with E-state index in [-0.39, 0.29) is 0 Å². The Hall–Kier alpha value is -1.31. The molecule has 0 spiro atoms. The smallest absolute Gasteiger partial charge is 0.0865 e. The molecule has 0 aliphatic rings. The molecule has 0 heterocycles. The van der Waals surface area contributed by atoms with Gasteiger partial charge in [-0.1, -0.05) is 43.3 Å². The van der Waals surface area contributed by atoms with Crippen molar-refractivity contribution in [1.29, 1.82) is 0 Å². The van der Waals surface area contributed by atoms with Gasteiger partial charge in [-0.3, -0.25) is 0 Å². The fourth-order valence-electron chi connectivity index (χ4n) is 1.27. The van der Waals surface area contributed by atoms with Gasteiger partial charge in [-0.2, -0.15) is 0 Å². The summed E-state index contributed by atoms with van der Waals surface area (Å²) in [6.07, 6.45) is 1.79. The fourth-order valence-corrected chi connectivity index (χ4v) is 1.27. The number of oxime groups is 1. The zero-order chi connectivity index (χ0) is 9.68. The maximum Gasteiger partial charge on any atom is 0.0865 e. The van der Waals surface area contributed by atoms with Crippen molar-refractivity contribution in [3.63, 3.8) is 0 Å². The maximum atomic E-state index is 8.69. The Balaban J connectivity index is 2.91. The minimum Gasteiger partial charge on any atom is -0.411 e. The van der Waals surface area contributed by atoms with E-state index in [1.165, 1.54) is 5.56 Å². The van der Waals surface area contributed by atoms with Crippen molar-refractivity contribution in [1.82, 2.24) is 0 Å². The SMILES string of the molecule is CC/C(=N/O)c1ccc(CC)cc1. The Morgan fingerprint density at radius 2 is 1.85 bits per heavy atom. The van der Waals surface area contributed by atoms with Gasteiger partial charge >= 0.3 is 0 Å². The highest BCUT2D eigenvalue weighted by Gasteiger charge is 2.00. The minimum atomic E-state index is 0.739. The van der Waals surface area contributed by atoms with Crippen molar-refractivity contribution in [3.05, 3.63) is 35.4 Å². The predicted molar refractivity (Wildman–Crippen MR) is 54.4 cm³/mol. The van der Waals surface area contributed by atoms with Crippen LogP contribution in [0.4, 0.5) is 0 Å². The molecular formula is C11H15NO. The molecule has 0 fully saturated rings. The van der Waals surface area contributed by atoms with Gasteiger partial charge in [0, 0.05) is 0 Å². The van der Waals surface area contributed by atoms with Crippen LogP contribution in [0.25, 0.3) is 0 Å². The van der Waals surface area contributed by atoms with Crippen LogP contribution in [0, 0.1) is 0 Å². The van der Waals surface area contributed by atoms with Crippen LogP contribution in [0.3, 0.4) is 0 Å². The van der Waals surface area contributed by atoms with Gasteiger partial charge in [0.2, 0.25) is 0 Å². The van der Waals surface area contributed by atoms with Crippen LogP contribution in [0.15, 0.2) is 29.4 Å². The third-order valence-corrected chi connectivity index (χ3v) is 2.15.